The number of halogens is 1. The summed E-state index contributed by atoms with van der Waals surface area (Å²) in [5.41, 5.74) is 5.00. The van der Waals surface area contributed by atoms with Gasteiger partial charge in [0.05, 0.1) is 6.21 Å². The molecule has 1 N–H and O–H groups in total. The van der Waals surface area contributed by atoms with E-state index in [0.717, 1.165) is 11.1 Å². The van der Waals surface area contributed by atoms with Gasteiger partial charge in [0.1, 0.15) is 11.6 Å². The highest BCUT2D eigenvalue weighted by Crippen LogP contribution is 2.20. The predicted molar refractivity (Wildman–Crippen MR) is 83.5 cm³/mol. The molecule has 114 valence electrons. The Morgan fingerprint density at radius 2 is 2.05 bits per heavy atom. The van der Waals surface area contributed by atoms with Crippen LogP contribution in [-0.2, 0) is 4.79 Å². The summed E-state index contributed by atoms with van der Waals surface area (Å²) >= 11 is 0. The number of hydrazone groups is 1. The molecule has 0 saturated heterocycles. The SMILES string of the molecule is Cc1cccc(OCC(=O)N/N=C/c2cccc(F)c2)c1C. The Balaban J connectivity index is 1.84. The van der Waals surface area contributed by atoms with Crippen LogP contribution in [0.3, 0.4) is 0 Å². The Bertz CT molecular complexity index is 699. The minimum Gasteiger partial charge on any atom is -0.483 e. The van der Waals surface area contributed by atoms with Gasteiger partial charge < -0.3 is 4.74 Å². The Kier molecular flexibility index (Phi) is 5.25. The largest absolute Gasteiger partial charge is 0.483 e. The maximum absolute atomic E-state index is 13.0. The molecule has 2 aromatic rings. The van der Waals surface area contributed by atoms with Crippen LogP contribution in [0.1, 0.15) is 16.7 Å². The molecule has 5 heteroatoms. The van der Waals surface area contributed by atoms with Gasteiger partial charge in [0, 0.05) is 0 Å². The van der Waals surface area contributed by atoms with Crippen molar-refractivity contribution in [2.24, 2.45) is 5.10 Å². The number of ether oxygens (including phenoxy) is 1. The topological polar surface area (TPSA) is 50.7 Å². The number of hydrogen-bond acceptors (Lipinski definition) is 3. The standard InChI is InChI=1S/C17H17FN2O2/c1-12-5-3-8-16(13(12)2)22-11-17(21)20-19-10-14-6-4-7-15(18)9-14/h3-10H,11H2,1-2H3,(H,20,21)/b19-10+. The van der Waals surface area contributed by atoms with Gasteiger partial charge in [-0.25, -0.2) is 9.82 Å². The number of nitrogens with zero attached hydrogens (tertiary/aromatic N) is 1. The smallest absolute Gasteiger partial charge is 0.277 e. The van der Waals surface area contributed by atoms with Crippen LogP contribution in [0.15, 0.2) is 47.6 Å². The van der Waals surface area contributed by atoms with Crippen molar-refractivity contribution in [2.75, 3.05) is 6.61 Å². The third kappa shape index (κ3) is 4.41. The quantitative estimate of drug-likeness (QED) is 0.682. The molecule has 2 rings (SSSR count). The Morgan fingerprint density at radius 3 is 2.82 bits per heavy atom. The van der Waals surface area contributed by atoms with E-state index in [1.807, 2.05) is 32.0 Å². The zero-order chi connectivity index (χ0) is 15.9. The van der Waals surface area contributed by atoms with Crippen molar-refractivity contribution in [3.8, 4) is 5.75 Å². The van der Waals surface area contributed by atoms with Gasteiger partial charge in [0.2, 0.25) is 0 Å². The molecule has 0 aliphatic carbocycles. The number of nitrogens with one attached hydrogen (secondary N) is 1. The molecule has 22 heavy (non-hydrogen) atoms. The average Bonchev–Trinajstić information content (AvgIpc) is 2.49. The number of aryl methyl sites for hydroxylation is 1. The van der Waals surface area contributed by atoms with Crippen LogP contribution in [0.2, 0.25) is 0 Å². The Labute approximate surface area is 128 Å². The first-order valence-electron chi connectivity index (χ1n) is 6.83. The molecule has 0 atom stereocenters. The van der Waals surface area contributed by atoms with Gasteiger partial charge in [-0.15, -0.1) is 0 Å². The van der Waals surface area contributed by atoms with Crippen molar-refractivity contribution in [1.82, 2.24) is 5.43 Å². The minimum atomic E-state index is -0.381. The lowest BCUT2D eigenvalue weighted by Gasteiger charge is -2.09. The fourth-order valence-corrected chi connectivity index (χ4v) is 1.82. The van der Waals surface area contributed by atoms with Crippen LogP contribution in [0.4, 0.5) is 4.39 Å². The highest BCUT2D eigenvalue weighted by molar-refractivity contribution is 5.82. The van der Waals surface area contributed by atoms with E-state index >= 15 is 0 Å². The van der Waals surface area contributed by atoms with E-state index in [9.17, 15) is 9.18 Å². The molecule has 0 aliphatic heterocycles. The van der Waals surface area contributed by atoms with E-state index in [4.69, 9.17) is 4.74 Å². The van der Waals surface area contributed by atoms with Crippen molar-refractivity contribution in [3.05, 3.63) is 65.0 Å². The monoisotopic (exact) mass is 300 g/mol. The lowest BCUT2D eigenvalue weighted by molar-refractivity contribution is -0.123. The first kappa shape index (κ1) is 15.7. The molecule has 0 radical (unpaired) electrons. The normalized spacial score (nSPS) is 10.7. The molecule has 0 aliphatic rings. The molecular weight excluding hydrogens is 283 g/mol. The summed E-state index contributed by atoms with van der Waals surface area (Å²) < 4.78 is 18.4. The van der Waals surface area contributed by atoms with Crippen LogP contribution in [0.25, 0.3) is 0 Å². The molecule has 2 aromatic carbocycles. The third-order valence-electron chi connectivity index (χ3n) is 3.17. The number of carbonyl (C=O) groups excluding carboxylic acids is 1. The van der Waals surface area contributed by atoms with Gasteiger partial charge in [0.25, 0.3) is 5.91 Å². The van der Waals surface area contributed by atoms with Gasteiger partial charge >= 0.3 is 0 Å². The molecule has 1 amide bonds. The Morgan fingerprint density at radius 1 is 1.27 bits per heavy atom. The number of hydrogen-bond donors (Lipinski definition) is 1. The lowest BCUT2D eigenvalue weighted by Crippen LogP contribution is -2.24. The summed E-state index contributed by atoms with van der Waals surface area (Å²) in [6.07, 6.45) is 1.37. The van der Waals surface area contributed by atoms with Crippen molar-refractivity contribution < 1.29 is 13.9 Å². The van der Waals surface area contributed by atoms with Crippen LogP contribution in [-0.4, -0.2) is 18.7 Å². The van der Waals surface area contributed by atoms with Crippen LogP contribution in [0, 0.1) is 19.7 Å². The number of rotatable bonds is 5. The lowest BCUT2D eigenvalue weighted by atomic mass is 10.1. The summed E-state index contributed by atoms with van der Waals surface area (Å²) in [4.78, 5) is 11.6. The number of carbonyl (C=O) groups is 1. The first-order valence-corrected chi connectivity index (χ1v) is 6.83. The minimum absolute atomic E-state index is 0.134. The molecule has 0 unspecified atom stereocenters. The molecular formula is C17H17FN2O2. The first-order chi connectivity index (χ1) is 10.6. The zero-order valence-corrected chi connectivity index (χ0v) is 12.5. The summed E-state index contributed by atoms with van der Waals surface area (Å²) in [6, 6.07) is 11.6. The molecule has 4 nitrogen and oxygen atoms in total. The third-order valence-corrected chi connectivity index (χ3v) is 3.17. The van der Waals surface area contributed by atoms with Gasteiger partial charge in [0.15, 0.2) is 6.61 Å². The van der Waals surface area contributed by atoms with Crippen molar-refractivity contribution in [2.45, 2.75) is 13.8 Å². The van der Waals surface area contributed by atoms with E-state index in [-0.39, 0.29) is 18.3 Å². The van der Waals surface area contributed by atoms with Crippen molar-refractivity contribution in [3.63, 3.8) is 0 Å². The van der Waals surface area contributed by atoms with Gasteiger partial charge in [-0.1, -0.05) is 24.3 Å². The second kappa shape index (κ2) is 7.36. The number of amides is 1. The van der Waals surface area contributed by atoms with Gasteiger partial charge in [-0.05, 0) is 48.7 Å². The van der Waals surface area contributed by atoms with E-state index in [1.165, 1.54) is 18.3 Å². The van der Waals surface area contributed by atoms with Crippen molar-refractivity contribution in [1.29, 1.82) is 0 Å². The Hall–Kier alpha value is -2.69. The van der Waals surface area contributed by atoms with Gasteiger partial charge in [-0.2, -0.15) is 5.10 Å². The second-order valence-corrected chi connectivity index (χ2v) is 4.83. The summed E-state index contributed by atoms with van der Waals surface area (Å²) in [5, 5.41) is 3.76. The zero-order valence-electron chi connectivity index (χ0n) is 12.5. The van der Waals surface area contributed by atoms with E-state index < -0.39 is 0 Å². The summed E-state index contributed by atoms with van der Waals surface area (Å²) in [5.74, 6) is -0.0636. The molecule has 0 aromatic heterocycles. The molecule has 0 saturated carbocycles. The van der Waals surface area contributed by atoms with Crippen LogP contribution in [0.5, 0.6) is 5.75 Å². The second-order valence-electron chi connectivity index (χ2n) is 4.83. The van der Waals surface area contributed by atoms with E-state index in [0.29, 0.717) is 11.3 Å². The molecule has 0 spiro atoms. The average molecular weight is 300 g/mol. The fraction of sp³-hybridized carbons (Fsp3) is 0.176. The summed E-state index contributed by atoms with van der Waals surface area (Å²) in [7, 11) is 0. The molecule has 0 heterocycles. The highest BCUT2D eigenvalue weighted by Gasteiger charge is 2.05. The van der Waals surface area contributed by atoms with E-state index in [2.05, 4.69) is 10.5 Å². The fourth-order valence-electron chi connectivity index (χ4n) is 1.82. The van der Waals surface area contributed by atoms with Crippen LogP contribution < -0.4 is 10.2 Å². The number of benzene rings is 2. The summed E-state index contributed by atoms with van der Waals surface area (Å²) in [6.45, 7) is 3.78. The van der Waals surface area contributed by atoms with Crippen molar-refractivity contribution >= 4 is 12.1 Å². The maximum Gasteiger partial charge on any atom is 0.277 e. The van der Waals surface area contributed by atoms with Crippen LogP contribution >= 0.6 is 0 Å². The highest BCUT2D eigenvalue weighted by atomic mass is 19.1. The predicted octanol–water partition coefficient (Wildman–Crippen LogP) is 2.97. The molecule has 0 fully saturated rings. The van der Waals surface area contributed by atoms with E-state index in [1.54, 1.807) is 12.1 Å². The maximum atomic E-state index is 13.0. The van der Waals surface area contributed by atoms with Gasteiger partial charge in [-0.3, -0.25) is 4.79 Å². The molecule has 0 bridgehead atoms.